The monoisotopic (exact) mass is 556 g/mol. The lowest BCUT2D eigenvalue weighted by molar-refractivity contribution is -0.136. The summed E-state index contributed by atoms with van der Waals surface area (Å²) in [4.78, 5) is 30.6. The van der Waals surface area contributed by atoms with Gasteiger partial charge in [0.05, 0.1) is 19.4 Å². The number of methoxy groups -OCH3 is 1. The number of nitrogens with zero attached hydrogens (tertiary/aromatic N) is 2. The average Bonchev–Trinajstić information content (AvgIpc) is 3.36. The van der Waals surface area contributed by atoms with E-state index in [0.717, 1.165) is 39.5 Å². The molecule has 3 aromatic carbocycles. The maximum Gasteiger partial charge on any atom is 0.415 e. The molecule has 1 N–H and O–H groups in total. The maximum absolute atomic E-state index is 13.0. The molecule has 2 heterocycles. The average molecular weight is 557 g/mol. The number of hydrogen-bond donors (Lipinski definition) is 1. The second kappa shape index (κ2) is 12.6. The third-order valence-electron chi connectivity index (χ3n) is 7.09. The summed E-state index contributed by atoms with van der Waals surface area (Å²) in [5.74, 6) is 2.17. The third-order valence-corrected chi connectivity index (χ3v) is 7.09. The lowest BCUT2D eigenvalue weighted by atomic mass is 9.92. The molecule has 0 radical (unpaired) electrons. The fraction of sp³-hybridized carbons (Fsp3) is 0.281. The van der Waals surface area contributed by atoms with Gasteiger partial charge >= 0.3 is 12.1 Å². The minimum atomic E-state index is -0.873. The van der Waals surface area contributed by atoms with Crippen molar-refractivity contribution in [2.45, 2.75) is 39.2 Å². The van der Waals surface area contributed by atoms with Crippen molar-refractivity contribution in [3.8, 4) is 28.7 Å². The van der Waals surface area contributed by atoms with Gasteiger partial charge in [0.15, 0.2) is 0 Å². The first-order valence-electron chi connectivity index (χ1n) is 13.5. The molecule has 1 amide bonds. The van der Waals surface area contributed by atoms with Crippen LogP contribution in [0.15, 0.2) is 71.1 Å². The molecule has 0 unspecified atom stereocenters. The smallest absolute Gasteiger partial charge is 0.415 e. The van der Waals surface area contributed by atoms with Gasteiger partial charge in [-0.2, -0.15) is 0 Å². The Morgan fingerprint density at radius 1 is 1.00 bits per heavy atom. The highest BCUT2D eigenvalue weighted by Crippen LogP contribution is 2.33. The molecule has 9 nitrogen and oxygen atoms in total. The van der Waals surface area contributed by atoms with Gasteiger partial charge in [-0.1, -0.05) is 30.3 Å². The first kappa shape index (κ1) is 27.8. The highest BCUT2D eigenvalue weighted by molar-refractivity contribution is 5.72. The number of carbonyl (C=O) groups excluding carboxylic acids is 1. The van der Waals surface area contributed by atoms with Crippen molar-refractivity contribution >= 4 is 12.1 Å². The van der Waals surface area contributed by atoms with Gasteiger partial charge in [-0.25, -0.2) is 9.78 Å². The number of hydrogen-bond acceptors (Lipinski definition) is 7. The van der Waals surface area contributed by atoms with Crippen LogP contribution in [0.1, 0.15) is 34.6 Å². The van der Waals surface area contributed by atoms with Crippen molar-refractivity contribution in [2.24, 2.45) is 0 Å². The first-order valence-corrected chi connectivity index (χ1v) is 13.5. The van der Waals surface area contributed by atoms with E-state index < -0.39 is 12.1 Å². The molecule has 4 aromatic rings. The van der Waals surface area contributed by atoms with Crippen LogP contribution in [0.4, 0.5) is 4.79 Å². The maximum atomic E-state index is 13.0. The van der Waals surface area contributed by atoms with Gasteiger partial charge in [0.2, 0.25) is 5.89 Å². The van der Waals surface area contributed by atoms with E-state index in [2.05, 4.69) is 4.98 Å². The number of aryl methyl sites for hydroxylation is 2. The zero-order valence-corrected chi connectivity index (χ0v) is 23.1. The van der Waals surface area contributed by atoms with Gasteiger partial charge in [0.25, 0.3) is 0 Å². The van der Waals surface area contributed by atoms with Crippen LogP contribution < -0.4 is 14.2 Å². The van der Waals surface area contributed by atoms with Gasteiger partial charge < -0.3 is 28.6 Å². The highest BCUT2D eigenvalue weighted by Gasteiger charge is 2.27. The predicted octanol–water partition coefficient (Wildman–Crippen LogP) is 5.85. The molecule has 1 aromatic heterocycles. The van der Waals surface area contributed by atoms with Crippen molar-refractivity contribution < 1.29 is 33.3 Å². The number of fused-ring (bicyclic) bond motifs is 1. The van der Waals surface area contributed by atoms with E-state index in [-0.39, 0.29) is 6.42 Å². The standard InChI is InChI=1S/C32H32N2O7/c1-21-28(33-31(40-21)23-7-4-3-5-8-23)16-18-39-29-13-11-22(12-14-30(35)36)27-20-34(17-15-26(27)29)32(37)41-25-10-6-9-24(19-25)38-2/h3-11,13,19H,12,14-18,20H2,1-2H3,(H,35,36). The number of carbonyl (C=O) groups is 2. The molecule has 1 aliphatic rings. The van der Waals surface area contributed by atoms with E-state index in [4.69, 9.17) is 18.6 Å². The Kier molecular flexibility index (Phi) is 8.53. The summed E-state index contributed by atoms with van der Waals surface area (Å²) in [6.07, 6.45) is 0.999. The number of rotatable bonds is 10. The SMILES string of the molecule is COc1cccc(OC(=O)N2CCc3c(OCCc4nc(-c5ccccc5)oc4C)ccc(CCC(=O)O)c3C2)c1. The summed E-state index contributed by atoms with van der Waals surface area (Å²) < 4.78 is 22.9. The third kappa shape index (κ3) is 6.69. The Morgan fingerprint density at radius 2 is 1.80 bits per heavy atom. The second-order valence-electron chi connectivity index (χ2n) is 9.78. The molecule has 0 saturated heterocycles. The summed E-state index contributed by atoms with van der Waals surface area (Å²) in [6.45, 7) is 3.03. The van der Waals surface area contributed by atoms with E-state index in [1.807, 2.05) is 49.4 Å². The summed E-state index contributed by atoms with van der Waals surface area (Å²) >= 11 is 0. The van der Waals surface area contributed by atoms with E-state index in [9.17, 15) is 14.7 Å². The quantitative estimate of drug-likeness (QED) is 0.259. The van der Waals surface area contributed by atoms with Gasteiger partial charge in [-0.15, -0.1) is 0 Å². The van der Waals surface area contributed by atoms with Crippen LogP contribution >= 0.6 is 0 Å². The minimum absolute atomic E-state index is 0.00389. The van der Waals surface area contributed by atoms with Gasteiger partial charge in [-0.05, 0) is 61.2 Å². The van der Waals surface area contributed by atoms with Crippen LogP contribution in [0.5, 0.6) is 17.2 Å². The number of aromatic nitrogens is 1. The number of amides is 1. The van der Waals surface area contributed by atoms with Crippen LogP contribution in [0.3, 0.4) is 0 Å². The lowest BCUT2D eigenvalue weighted by Gasteiger charge is -2.31. The first-order chi connectivity index (χ1) is 19.9. The predicted molar refractivity (Wildman–Crippen MR) is 151 cm³/mol. The van der Waals surface area contributed by atoms with Crippen LogP contribution in [0.25, 0.3) is 11.5 Å². The Labute approximate surface area is 238 Å². The molecule has 1 aliphatic heterocycles. The molecule has 212 valence electrons. The molecule has 0 spiro atoms. The molecule has 0 bridgehead atoms. The topological polar surface area (TPSA) is 111 Å². The molecule has 0 aliphatic carbocycles. The Hall–Kier alpha value is -4.79. The largest absolute Gasteiger partial charge is 0.497 e. The summed E-state index contributed by atoms with van der Waals surface area (Å²) in [5.41, 5.74) is 4.53. The van der Waals surface area contributed by atoms with Crippen molar-refractivity contribution in [2.75, 3.05) is 20.3 Å². The molecule has 0 atom stereocenters. The van der Waals surface area contributed by atoms with Gasteiger partial charge in [-0.3, -0.25) is 4.79 Å². The zero-order valence-electron chi connectivity index (χ0n) is 23.1. The Bertz CT molecular complexity index is 1530. The van der Waals surface area contributed by atoms with Crippen LogP contribution in [-0.2, 0) is 30.6 Å². The molecule has 0 fully saturated rings. The van der Waals surface area contributed by atoms with Crippen molar-refractivity contribution in [3.05, 3.63) is 94.9 Å². The molecule has 5 rings (SSSR count). The molecular weight excluding hydrogens is 524 g/mol. The van der Waals surface area contributed by atoms with Crippen LogP contribution in [0.2, 0.25) is 0 Å². The lowest BCUT2D eigenvalue weighted by Crippen LogP contribution is -2.38. The number of oxazole rings is 1. The molecule has 41 heavy (non-hydrogen) atoms. The number of aliphatic carboxylic acids is 1. The summed E-state index contributed by atoms with van der Waals surface area (Å²) in [6, 6.07) is 20.4. The van der Waals surface area contributed by atoms with Crippen LogP contribution in [-0.4, -0.2) is 47.3 Å². The Morgan fingerprint density at radius 3 is 2.59 bits per heavy atom. The molecule has 9 heteroatoms. The fourth-order valence-corrected chi connectivity index (χ4v) is 4.93. The summed E-state index contributed by atoms with van der Waals surface area (Å²) in [7, 11) is 1.55. The number of carboxylic acid groups (broad SMARTS) is 1. The normalized spacial score (nSPS) is 12.5. The highest BCUT2D eigenvalue weighted by atomic mass is 16.6. The Balaban J connectivity index is 1.30. The van der Waals surface area contributed by atoms with Crippen LogP contribution in [0, 0.1) is 6.92 Å². The van der Waals surface area contributed by atoms with Gasteiger partial charge in [0.1, 0.15) is 23.0 Å². The zero-order chi connectivity index (χ0) is 28.8. The van der Waals surface area contributed by atoms with E-state index >= 15 is 0 Å². The van der Waals surface area contributed by atoms with E-state index in [1.165, 1.54) is 0 Å². The number of ether oxygens (including phenoxy) is 3. The minimum Gasteiger partial charge on any atom is -0.497 e. The second-order valence-corrected chi connectivity index (χ2v) is 9.78. The summed E-state index contributed by atoms with van der Waals surface area (Å²) in [5, 5.41) is 9.27. The molecule has 0 saturated carbocycles. The number of carboxylic acids is 1. The van der Waals surface area contributed by atoms with E-state index in [1.54, 1.807) is 36.3 Å². The molecular formula is C32H32N2O7. The fourth-order valence-electron chi connectivity index (χ4n) is 4.93. The van der Waals surface area contributed by atoms with E-state index in [0.29, 0.717) is 56.3 Å². The van der Waals surface area contributed by atoms with Crippen molar-refractivity contribution in [1.82, 2.24) is 9.88 Å². The van der Waals surface area contributed by atoms with Crippen molar-refractivity contribution in [1.29, 1.82) is 0 Å². The van der Waals surface area contributed by atoms with Crippen molar-refractivity contribution in [3.63, 3.8) is 0 Å². The number of benzene rings is 3. The van der Waals surface area contributed by atoms with Gasteiger partial charge in [0, 0.05) is 43.1 Å².